The minimum Gasteiger partial charge on any atom is -0.483 e. The number of hydrogen-bond donors (Lipinski definition) is 3. The van der Waals surface area contributed by atoms with Crippen molar-refractivity contribution in [3.8, 4) is 5.75 Å². The fraction of sp³-hybridized carbons (Fsp3) is 0.250. The van der Waals surface area contributed by atoms with Crippen LogP contribution in [0.1, 0.15) is 24.0 Å². The Balaban J connectivity index is 1.47. The number of para-hydroxylation sites is 1. The Labute approximate surface area is 157 Å². The molecule has 27 heavy (non-hydrogen) atoms. The molecule has 1 saturated carbocycles. The van der Waals surface area contributed by atoms with Crippen LogP contribution in [-0.4, -0.2) is 30.4 Å². The molecule has 7 heteroatoms. The van der Waals surface area contributed by atoms with Gasteiger partial charge in [0.2, 0.25) is 0 Å². The molecule has 7 nitrogen and oxygen atoms in total. The molecular weight excluding hydrogens is 346 g/mol. The monoisotopic (exact) mass is 367 g/mol. The van der Waals surface area contributed by atoms with Crippen LogP contribution in [0.15, 0.2) is 54.6 Å². The van der Waals surface area contributed by atoms with Crippen molar-refractivity contribution < 1.29 is 19.1 Å². The van der Waals surface area contributed by atoms with Gasteiger partial charge in [0.15, 0.2) is 6.61 Å². The van der Waals surface area contributed by atoms with Crippen LogP contribution in [0.4, 0.5) is 0 Å². The quantitative estimate of drug-likeness (QED) is 0.526. The zero-order valence-electron chi connectivity index (χ0n) is 14.7. The maximum Gasteiger partial charge on any atom is 0.327 e. The average molecular weight is 367 g/mol. The third-order valence-corrected chi connectivity index (χ3v) is 4.00. The lowest BCUT2D eigenvalue weighted by atomic mass is 10.0. The molecule has 0 radical (unpaired) electrons. The fourth-order valence-electron chi connectivity index (χ4n) is 2.45. The van der Waals surface area contributed by atoms with Crippen molar-refractivity contribution in [2.75, 3.05) is 6.61 Å². The van der Waals surface area contributed by atoms with E-state index in [1.165, 1.54) is 0 Å². The number of carbonyl (C=O) groups is 3. The lowest BCUT2D eigenvalue weighted by Gasteiger charge is -2.12. The highest BCUT2D eigenvalue weighted by atomic mass is 16.5. The second kappa shape index (κ2) is 8.84. The SMILES string of the molecule is O=C(COc1ccccc1Cc1ccccc1)NNC(=O)C(=O)NC1CC1. The number of nitrogens with one attached hydrogen (secondary N) is 3. The first-order valence-corrected chi connectivity index (χ1v) is 8.76. The molecule has 1 fully saturated rings. The second-order valence-electron chi connectivity index (χ2n) is 6.31. The lowest BCUT2D eigenvalue weighted by molar-refractivity contribution is -0.141. The molecule has 1 aliphatic carbocycles. The number of benzene rings is 2. The van der Waals surface area contributed by atoms with E-state index in [9.17, 15) is 14.4 Å². The van der Waals surface area contributed by atoms with Gasteiger partial charge in [-0.15, -0.1) is 0 Å². The molecule has 0 aliphatic heterocycles. The highest BCUT2D eigenvalue weighted by Crippen LogP contribution is 2.21. The van der Waals surface area contributed by atoms with E-state index in [2.05, 4.69) is 16.2 Å². The zero-order valence-corrected chi connectivity index (χ0v) is 14.7. The lowest BCUT2D eigenvalue weighted by Crippen LogP contribution is -2.50. The van der Waals surface area contributed by atoms with Crippen molar-refractivity contribution in [1.29, 1.82) is 0 Å². The van der Waals surface area contributed by atoms with Crippen molar-refractivity contribution in [2.45, 2.75) is 25.3 Å². The van der Waals surface area contributed by atoms with Gasteiger partial charge >= 0.3 is 11.8 Å². The molecule has 2 aromatic rings. The van der Waals surface area contributed by atoms with Gasteiger partial charge in [0.05, 0.1) is 0 Å². The second-order valence-corrected chi connectivity index (χ2v) is 6.31. The topological polar surface area (TPSA) is 96.5 Å². The van der Waals surface area contributed by atoms with E-state index in [-0.39, 0.29) is 12.6 Å². The Kier molecular flexibility index (Phi) is 6.04. The van der Waals surface area contributed by atoms with Gasteiger partial charge in [-0.05, 0) is 30.0 Å². The van der Waals surface area contributed by atoms with Crippen LogP contribution >= 0.6 is 0 Å². The van der Waals surface area contributed by atoms with Gasteiger partial charge < -0.3 is 10.1 Å². The van der Waals surface area contributed by atoms with E-state index in [0.717, 1.165) is 24.0 Å². The summed E-state index contributed by atoms with van der Waals surface area (Å²) in [5.41, 5.74) is 6.33. The molecule has 0 saturated heterocycles. The molecule has 2 aromatic carbocycles. The van der Waals surface area contributed by atoms with E-state index in [1.807, 2.05) is 48.5 Å². The predicted octanol–water partition coefficient (Wildman–Crippen LogP) is 1.08. The first-order valence-electron chi connectivity index (χ1n) is 8.76. The van der Waals surface area contributed by atoms with Crippen molar-refractivity contribution in [3.05, 3.63) is 65.7 Å². The maximum atomic E-state index is 11.9. The van der Waals surface area contributed by atoms with Crippen LogP contribution in [-0.2, 0) is 20.8 Å². The number of rotatable bonds is 6. The third kappa shape index (κ3) is 5.85. The Morgan fingerprint density at radius 3 is 2.33 bits per heavy atom. The number of amides is 3. The standard InChI is InChI=1S/C20H21N3O4/c24-18(22-23-20(26)19(25)21-16-10-11-16)13-27-17-9-5-4-8-15(17)12-14-6-2-1-3-7-14/h1-9,16H,10-13H2,(H,21,25)(H,22,24)(H,23,26). The molecule has 0 heterocycles. The molecule has 140 valence electrons. The molecule has 3 amide bonds. The summed E-state index contributed by atoms with van der Waals surface area (Å²) in [4.78, 5) is 34.9. The summed E-state index contributed by atoms with van der Waals surface area (Å²) in [6, 6.07) is 17.5. The molecule has 0 atom stereocenters. The molecule has 0 bridgehead atoms. The highest BCUT2D eigenvalue weighted by molar-refractivity contribution is 6.35. The Morgan fingerprint density at radius 2 is 1.59 bits per heavy atom. The molecule has 3 rings (SSSR count). The van der Waals surface area contributed by atoms with Gasteiger partial charge in [-0.1, -0.05) is 48.5 Å². The van der Waals surface area contributed by atoms with Crippen LogP contribution < -0.4 is 20.9 Å². The van der Waals surface area contributed by atoms with Crippen LogP contribution in [0.25, 0.3) is 0 Å². The van der Waals surface area contributed by atoms with Gasteiger partial charge in [-0.3, -0.25) is 25.2 Å². The molecule has 0 spiro atoms. The van der Waals surface area contributed by atoms with Crippen LogP contribution in [0, 0.1) is 0 Å². The Morgan fingerprint density at radius 1 is 0.889 bits per heavy atom. The first-order chi connectivity index (χ1) is 13.1. The van der Waals surface area contributed by atoms with Crippen molar-refractivity contribution >= 4 is 17.7 Å². The van der Waals surface area contributed by atoms with Crippen LogP contribution in [0.5, 0.6) is 5.75 Å². The maximum absolute atomic E-state index is 11.9. The van der Waals surface area contributed by atoms with E-state index >= 15 is 0 Å². The first kappa shape index (κ1) is 18.4. The number of carbonyl (C=O) groups excluding carboxylic acids is 3. The van der Waals surface area contributed by atoms with E-state index in [4.69, 9.17) is 4.74 Å². The smallest absolute Gasteiger partial charge is 0.327 e. The summed E-state index contributed by atoms with van der Waals surface area (Å²) in [5, 5.41) is 2.53. The summed E-state index contributed by atoms with van der Waals surface area (Å²) < 4.78 is 5.57. The van der Waals surface area contributed by atoms with Gasteiger partial charge in [0, 0.05) is 12.5 Å². The number of hydrazine groups is 1. The minimum atomic E-state index is -0.903. The van der Waals surface area contributed by atoms with Gasteiger partial charge in [0.1, 0.15) is 5.75 Å². The third-order valence-electron chi connectivity index (χ3n) is 4.00. The average Bonchev–Trinajstić information content (AvgIpc) is 3.50. The van der Waals surface area contributed by atoms with Gasteiger partial charge in [-0.25, -0.2) is 0 Å². The molecule has 3 N–H and O–H groups in total. The summed E-state index contributed by atoms with van der Waals surface area (Å²) in [5.74, 6) is -1.63. The largest absolute Gasteiger partial charge is 0.483 e. The predicted molar refractivity (Wildman–Crippen MR) is 98.6 cm³/mol. The highest BCUT2D eigenvalue weighted by Gasteiger charge is 2.26. The van der Waals surface area contributed by atoms with Crippen molar-refractivity contribution in [3.63, 3.8) is 0 Å². The molecule has 0 aromatic heterocycles. The fourth-order valence-corrected chi connectivity index (χ4v) is 2.45. The molecule has 1 aliphatic rings. The van der Waals surface area contributed by atoms with E-state index < -0.39 is 17.7 Å². The van der Waals surface area contributed by atoms with Crippen molar-refractivity contribution in [1.82, 2.24) is 16.2 Å². The molecular formula is C20H21N3O4. The minimum absolute atomic E-state index is 0.0726. The van der Waals surface area contributed by atoms with Crippen molar-refractivity contribution in [2.24, 2.45) is 0 Å². The normalized spacial score (nSPS) is 12.7. The number of ether oxygens (including phenoxy) is 1. The zero-order chi connectivity index (χ0) is 19.1. The summed E-state index contributed by atoms with van der Waals surface area (Å²) >= 11 is 0. The van der Waals surface area contributed by atoms with Gasteiger partial charge in [-0.2, -0.15) is 0 Å². The summed E-state index contributed by atoms with van der Waals surface area (Å²) in [6.45, 7) is -0.281. The van der Waals surface area contributed by atoms with Gasteiger partial charge in [0.25, 0.3) is 5.91 Å². The van der Waals surface area contributed by atoms with Crippen LogP contribution in [0.3, 0.4) is 0 Å². The number of hydrogen-bond acceptors (Lipinski definition) is 4. The van der Waals surface area contributed by atoms with E-state index in [1.54, 1.807) is 6.07 Å². The Bertz CT molecular complexity index is 819. The van der Waals surface area contributed by atoms with E-state index in [0.29, 0.717) is 12.2 Å². The summed E-state index contributed by atoms with van der Waals surface area (Å²) in [6.07, 6.45) is 2.43. The summed E-state index contributed by atoms with van der Waals surface area (Å²) in [7, 11) is 0. The Hall–Kier alpha value is -3.35. The van der Waals surface area contributed by atoms with Crippen LogP contribution in [0.2, 0.25) is 0 Å². The molecule has 0 unspecified atom stereocenters.